The second-order valence-electron chi connectivity index (χ2n) is 8.26. The van der Waals surface area contributed by atoms with E-state index in [9.17, 15) is 9.59 Å². The molecule has 0 bridgehead atoms. The lowest BCUT2D eigenvalue weighted by atomic mass is 10.0. The minimum absolute atomic E-state index is 0.129. The molecule has 0 saturated carbocycles. The Hall–Kier alpha value is -3.13. The highest BCUT2D eigenvalue weighted by atomic mass is 35.5. The van der Waals surface area contributed by atoms with Crippen molar-refractivity contribution >= 4 is 23.6 Å². The minimum Gasteiger partial charge on any atom is -0.493 e. The Labute approximate surface area is 205 Å². The van der Waals surface area contributed by atoms with Gasteiger partial charge in [-0.15, -0.1) is 0 Å². The van der Waals surface area contributed by atoms with E-state index in [4.69, 9.17) is 30.5 Å². The van der Waals surface area contributed by atoms with E-state index in [1.165, 1.54) is 0 Å². The number of halogens is 1. The summed E-state index contributed by atoms with van der Waals surface area (Å²) in [6.45, 7) is 7.30. The van der Waals surface area contributed by atoms with Crippen LogP contribution >= 0.6 is 11.6 Å². The highest BCUT2D eigenvalue weighted by Crippen LogP contribution is 2.30. The molecule has 2 aromatic carbocycles. The normalized spacial score (nSPS) is 12.6. The molecule has 0 heterocycles. The van der Waals surface area contributed by atoms with Crippen molar-refractivity contribution in [1.82, 2.24) is 10.6 Å². The molecular weight excluding hydrogens is 460 g/mol. The number of alkyl carbamates (subject to hydrolysis) is 1. The zero-order valence-electron chi connectivity index (χ0n) is 20.4. The molecule has 2 aromatic rings. The molecule has 0 saturated heterocycles. The van der Waals surface area contributed by atoms with Crippen LogP contribution in [0.15, 0.2) is 42.5 Å². The molecule has 9 heteroatoms. The smallest absolute Gasteiger partial charge is 0.408 e. The van der Waals surface area contributed by atoms with Crippen LogP contribution in [0, 0.1) is 5.92 Å². The number of hydrogen-bond donors (Lipinski definition) is 2. The van der Waals surface area contributed by atoms with Gasteiger partial charge in [-0.3, -0.25) is 4.79 Å². The summed E-state index contributed by atoms with van der Waals surface area (Å²) in [5, 5.41) is 6.23. The second-order valence-corrected chi connectivity index (χ2v) is 8.70. The fraction of sp³-hybridized carbons (Fsp3) is 0.440. The van der Waals surface area contributed by atoms with E-state index >= 15 is 0 Å². The number of amides is 2. The fourth-order valence-corrected chi connectivity index (χ4v) is 3.30. The van der Waals surface area contributed by atoms with Crippen molar-refractivity contribution in [2.24, 2.45) is 5.92 Å². The van der Waals surface area contributed by atoms with Crippen LogP contribution in [0.4, 0.5) is 4.79 Å². The molecule has 8 nitrogen and oxygen atoms in total. The Morgan fingerprint density at radius 1 is 0.912 bits per heavy atom. The van der Waals surface area contributed by atoms with Gasteiger partial charge in [0.2, 0.25) is 5.91 Å². The van der Waals surface area contributed by atoms with Gasteiger partial charge in [0.05, 0.1) is 26.4 Å². The monoisotopic (exact) mass is 492 g/mol. The maximum atomic E-state index is 13.2. The highest BCUT2D eigenvalue weighted by molar-refractivity contribution is 6.30. The van der Waals surface area contributed by atoms with Crippen molar-refractivity contribution in [3.05, 3.63) is 53.1 Å². The first-order valence-corrected chi connectivity index (χ1v) is 11.4. The van der Waals surface area contributed by atoms with Gasteiger partial charge in [0, 0.05) is 5.02 Å². The predicted molar refractivity (Wildman–Crippen MR) is 131 cm³/mol. The number of benzene rings is 2. The molecule has 2 atom stereocenters. The standard InChI is InChI=1S/C25H33ClN2O6/c1-15(2)23(28-25(30)34-16(3)4)24(29)27-20(14-33-19-10-8-18(26)9-11-19)17-7-12-21(31-5)22(13-17)32-6/h7-13,15-16,20,23H,14H2,1-6H3,(H,27,29)(H,28,30). The Bertz CT molecular complexity index is 949. The SMILES string of the molecule is COc1ccc(C(COc2ccc(Cl)cc2)NC(=O)C(NC(=O)OC(C)C)C(C)C)cc1OC. The molecule has 2 unspecified atom stereocenters. The zero-order valence-corrected chi connectivity index (χ0v) is 21.1. The van der Waals surface area contributed by atoms with E-state index in [0.717, 1.165) is 5.56 Å². The van der Waals surface area contributed by atoms with Crippen molar-refractivity contribution in [3.63, 3.8) is 0 Å². The van der Waals surface area contributed by atoms with Crippen LogP contribution in [0.25, 0.3) is 0 Å². The van der Waals surface area contributed by atoms with Gasteiger partial charge in [0.25, 0.3) is 0 Å². The molecule has 2 N–H and O–H groups in total. The number of methoxy groups -OCH3 is 2. The van der Waals surface area contributed by atoms with Crippen molar-refractivity contribution in [3.8, 4) is 17.2 Å². The number of ether oxygens (including phenoxy) is 4. The zero-order chi connectivity index (χ0) is 25.3. The Morgan fingerprint density at radius 2 is 1.56 bits per heavy atom. The van der Waals surface area contributed by atoms with Gasteiger partial charge < -0.3 is 29.6 Å². The summed E-state index contributed by atoms with van der Waals surface area (Å²) in [6, 6.07) is 10.9. The average Bonchev–Trinajstić information content (AvgIpc) is 2.79. The van der Waals surface area contributed by atoms with Crippen LogP contribution < -0.4 is 24.8 Å². The molecule has 0 aliphatic rings. The lowest BCUT2D eigenvalue weighted by molar-refractivity contribution is -0.125. The number of nitrogens with one attached hydrogen (secondary N) is 2. The third kappa shape index (κ3) is 8.02. The predicted octanol–water partition coefficient (Wildman–Crippen LogP) is 4.75. The maximum absolute atomic E-state index is 13.2. The van der Waals surface area contributed by atoms with Crippen molar-refractivity contribution in [2.75, 3.05) is 20.8 Å². The van der Waals surface area contributed by atoms with Gasteiger partial charge in [0.15, 0.2) is 11.5 Å². The van der Waals surface area contributed by atoms with Gasteiger partial charge in [-0.2, -0.15) is 0 Å². The molecule has 0 aromatic heterocycles. The highest BCUT2D eigenvalue weighted by Gasteiger charge is 2.28. The van der Waals surface area contributed by atoms with E-state index in [1.807, 2.05) is 19.9 Å². The van der Waals surface area contributed by atoms with E-state index in [2.05, 4.69) is 10.6 Å². The van der Waals surface area contributed by atoms with Crippen molar-refractivity contribution in [2.45, 2.75) is 45.9 Å². The molecule has 34 heavy (non-hydrogen) atoms. The maximum Gasteiger partial charge on any atom is 0.408 e. The summed E-state index contributed by atoms with van der Waals surface area (Å²) in [5.74, 6) is 1.14. The number of carbonyl (C=O) groups excluding carboxylic acids is 2. The Kier molecular flexibility index (Phi) is 10.3. The molecule has 2 rings (SSSR count). The molecule has 0 aliphatic carbocycles. The summed E-state index contributed by atoms with van der Waals surface area (Å²) in [4.78, 5) is 25.4. The first kappa shape index (κ1) is 27.1. The van der Waals surface area contributed by atoms with Gasteiger partial charge in [-0.1, -0.05) is 31.5 Å². The number of rotatable bonds is 11. The Morgan fingerprint density at radius 3 is 2.12 bits per heavy atom. The van der Waals surface area contributed by atoms with Crippen LogP contribution in [0.3, 0.4) is 0 Å². The van der Waals surface area contributed by atoms with Crippen LogP contribution in [-0.4, -0.2) is 45.0 Å². The summed E-state index contributed by atoms with van der Waals surface area (Å²) in [7, 11) is 3.09. The van der Waals surface area contributed by atoms with E-state index < -0.39 is 18.2 Å². The molecule has 2 amide bonds. The van der Waals surface area contributed by atoms with E-state index in [1.54, 1.807) is 64.5 Å². The van der Waals surface area contributed by atoms with Crippen molar-refractivity contribution < 1.29 is 28.5 Å². The fourth-order valence-electron chi connectivity index (χ4n) is 3.17. The van der Waals surface area contributed by atoms with Crippen LogP contribution in [0.5, 0.6) is 17.2 Å². The molecule has 0 spiro atoms. The molecule has 0 radical (unpaired) electrons. The molecule has 0 aliphatic heterocycles. The third-order valence-electron chi connectivity index (χ3n) is 4.92. The summed E-state index contributed by atoms with van der Waals surface area (Å²) in [6.07, 6.45) is -0.952. The number of carbonyl (C=O) groups is 2. The minimum atomic E-state index is -0.801. The van der Waals surface area contributed by atoms with E-state index in [0.29, 0.717) is 22.3 Å². The summed E-state index contributed by atoms with van der Waals surface area (Å²) >= 11 is 5.96. The summed E-state index contributed by atoms with van der Waals surface area (Å²) < 4.78 is 21.8. The van der Waals surface area contributed by atoms with Gasteiger partial charge >= 0.3 is 6.09 Å². The van der Waals surface area contributed by atoms with Gasteiger partial charge in [-0.25, -0.2) is 4.79 Å². The van der Waals surface area contributed by atoms with Gasteiger partial charge in [-0.05, 0) is 61.7 Å². The molecular formula is C25H33ClN2O6. The quantitative estimate of drug-likeness (QED) is 0.470. The van der Waals surface area contributed by atoms with Gasteiger partial charge in [0.1, 0.15) is 18.4 Å². The number of hydrogen-bond acceptors (Lipinski definition) is 6. The Balaban J connectivity index is 2.27. The second kappa shape index (κ2) is 12.9. The third-order valence-corrected chi connectivity index (χ3v) is 5.17. The first-order chi connectivity index (χ1) is 16.1. The van der Waals surface area contributed by atoms with Crippen LogP contribution in [0.1, 0.15) is 39.3 Å². The molecule has 186 valence electrons. The first-order valence-electron chi connectivity index (χ1n) is 11.0. The molecule has 0 fully saturated rings. The van der Waals surface area contributed by atoms with E-state index in [-0.39, 0.29) is 24.5 Å². The topological polar surface area (TPSA) is 95.1 Å². The lowest BCUT2D eigenvalue weighted by Crippen LogP contribution is -2.51. The lowest BCUT2D eigenvalue weighted by Gasteiger charge is -2.26. The summed E-state index contributed by atoms with van der Waals surface area (Å²) in [5.41, 5.74) is 0.743. The van der Waals surface area contributed by atoms with Crippen LogP contribution in [0.2, 0.25) is 5.02 Å². The largest absolute Gasteiger partial charge is 0.493 e. The van der Waals surface area contributed by atoms with Crippen LogP contribution in [-0.2, 0) is 9.53 Å². The average molecular weight is 493 g/mol. The van der Waals surface area contributed by atoms with Crippen molar-refractivity contribution in [1.29, 1.82) is 0 Å².